The Hall–Kier alpha value is -3.25. The van der Waals surface area contributed by atoms with Crippen molar-refractivity contribution in [2.75, 3.05) is 5.32 Å². The second kappa shape index (κ2) is 10.4. The number of rotatable bonds is 5. The Morgan fingerprint density at radius 3 is 2.25 bits per heavy atom. The molecule has 0 spiro atoms. The summed E-state index contributed by atoms with van der Waals surface area (Å²) in [5.41, 5.74) is 5.22. The van der Waals surface area contributed by atoms with Crippen LogP contribution >= 0.6 is 0 Å². The van der Waals surface area contributed by atoms with Crippen LogP contribution in [0.5, 0.6) is 0 Å². The van der Waals surface area contributed by atoms with E-state index in [2.05, 4.69) is 10.3 Å². The molecule has 0 fully saturated rings. The molecule has 0 aliphatic heterocycles. The number of hydrogen-bond donors (Lipinski definition) is 2. The summed E-state index contributed by atoms with van der Waals surface area (Å²) in [6.07, 6.45) is 3.15. The number of benzene rings is 3. The average molecular weight is 432 g/mol. The molecule has 32 heavy (non-hydrogen) atoms. The molecule has 0 unspecified atom stereocenters. The van der Waals surface area contributed by atoms with E-state index in [1.807, 2.05) is 61.5 Å². The molecule has 4 rings (SSSR count). The SMILES string of the molecule is Cc1ccccc1-c1ccc(C(=O)O)c(NC(=O)c2cncc(-c3ccccc3)c2)c1.[NaH]. The number of pyridine rings is 1. The van der Waals surface area contributed by atoms with E-state index in [0.29, 0.717) is 5.56 Å². The van der Waals surface area contributed by atoms with E-state index in [9.17, 15) is 14.7 Å². The predicted molar refractivity (Wildman–Crippen MR) is 128 cm³/mol. The Bertz CT molecular complexity index is 1270. The van der Waals surface area contributed by atoms with E-state index in [4.69, 9.17) is 0 Å². The maximum absolute atomic E-state index is 12.9. The number of aromatic nitrogens is 1. The third-order valence-electron chi connectivity index (χ3n) is 5.06. The Kier molecular flexibility index (Phi) is 7.59. The first kappa shape index (κ1) is 23.4. The normalized spacial score (nSPS) is 10.2. The van der Waals surface area contributed by atoms with Gasteiger partial charge < -0.3 is 10.4 Å². The molecular weight excluding hydrogens is 411 g/mol. The van der Waals surface area contributed by atoms with Gasteiger partial charge in [0.1, 0.15) is 0 Å². The van der Waals surface area contributed by atoms with Crippen LogP contribution in [0.1, 0.15) is 26.3 Å². The summed E-state index contributed by atoms with van der Waals surface area (Å²) in [5, 5.41) is 12.4. The second-order valence-electron chi connectivity index (χ2n) is 7.16. The Balaban J connectivity index is 0.00000289. The third kappa shape index (κ3) is 5.14. The number of aryl methyl sites for hydroxylation is 1. The van der Waals surface area contributed by atoms with E-state index in [1.54, 1.807) is 24.4 Å². The average Bonchev–Trinajstić information content (AvgIpc) is 2.80. The van der Waals surface area contributed by atoms with Gasteiger partial charge in [-0.15, -0.1) is 0 Å². The van der Waals surface area contributed by atoms with Crippen molar-refractivity contribution < 1.29 is 14.7 Å². The van der Waals surface area contributed by atoms with Crippen LogP contribution in [-0.2, 0) is 0 Å². The van der Waals surface area contributed by atoms with Gasteiger partial charge in [-0.05, 0) is 47.4 Å². The van der Waals surface area contributed by atoms with Gasteiger partial charge in [-0.25, -0.2) is 4.79 Å². The molecule has 0 aliphatic carbocycles. The molecule has 1 amide bonds. The summed E-state index contributed by atoms with van der Waals surface area (Å²) in [6.45, 7) is 1.99. The van der Waals surface area contributed by atoms with Crippen molar-refractivity contribution in [2.24, 2.45) is 0 Å². The molecule has 6 heteroatoms. The molecule has 1 aromatic heterocycles. The van der Waals surface area contributed by atoms with Crippen LogP contribution in [0.15, 0.2) is 91.3 Å². The van der Waals surface area contributed by atoms with Crippen LogP contribution in [0.2, 0.25) is 0 Å². The number of nitrogens with zero attached hydrogens (tertiary/aromatic N) is 1. The molecule has 0 saturated heterocycles. The summed E-state index contributed by atoms with van der Waals surface area (Å²) in [4.78, 5) is 28.9. The summed E-state index contributed by atoms with van der Waals surface area (Å²) >= 11 is 0. The fourth-order valence-electron chi connectivity index (χ4n) is 3.45. The molecule has 0 aliphatic rings. The van der Waals surface area contributed by atoms with Crippen molar-refractivity contribution >= 4 is 47.1 Å². The fraction of sp³-hybridized carbons (Fsp3) is 0.0385. The van der Waals surface area contributed by atoms with Crippen molar-refractivity contribution in [1.82, 2.24) is 4.98 Å². The van der Waals surface area contributed by atoms with Gasteiger partial charge in [-0.2, -0.15) is 0 Å². The minimum atomic E-state index is -1.11. The van der Waals surface area contributed by atoms with Gasteiger partial charge in [-0.1, -0.05) is 60.7 Å². The van der Waals surface area contributed by atoms with Gasteiger partial charge in [0.2, 0.25) is 0 Å². The van der Waals surface area contributed by atoms with Gasteiger partial charge >= 0.3 is 35.5 Å². The second-order valence-corrected chi connectivity index (χ2v) is 7.16. The van der Waals surface area contributed by atoms with E-state index in [0.717, 1.165) is 27.8 Å². The van der Waals surface area contributed by atoms with Gasteiger partial charge in [0, 0.05) is 18.0 Å². The molecule has 154 valence electrons. The summed E-state index contributed by atoms with van der Waals surface area (Å²) in [7, 11) is 0. The maximum atomic E-state index is 12.9. The number of hydrogen-bond acceptors (Lipinski definition) is 3. The molecule has 0 saturated carbocycles. The van der Waals surface area contributed by atoms with Crippen LogP contribution < -0.4 is 5.32 Å². The molecule has 0 bridgehead atoms. The number of carbonyl (C=O) groups excluding carboxylic acids is 1. The first-order valence-electron chi connectivity index (χ1n) is 9.78. The number of amides is 1. The monoisotopic (exact) mass is 432 g/mol. The molecule has 3 aromatic carbocycles. The topological polar surface area (TPSA) is 79.3 Å². The number of anilines is 1. The van der Waals surface area contributed by atoms with Crippen molar-refractivity contribution in [3.05, 3.63) is 108 Å². The third-order valence-corrected chi connectivity index (χ3v) is 5.06. The Morgan fingerprint density at radius 2 is 1.53 bits per heavy atom. The van der Waals surface area contributed by atoms with Crippen molar-refractivity contribution in [1.29, 1.82) is 0 Å². The number of nitrogens with one attached hydrogen (secondary N) is 1. The van der Waals surface area contributed by atoms with Crippen LogP contribution in [0.25, 0.3) is 22.3 Å². The molecule has 2 N–H and O–H groups in total. The number of carboxylic acids is 1. The summed E-state index contributed by atoms with van der Waals surface area (Å²) < 4.78 is 0. The Morgan fingerprint density at radius 1 is 0.812 bits per heavy atom. The zero-order valence-electron chi connectivity index (χ0n) is 16.9. The first-order valence-corrected chi connectivity index (χ1v) is 9.78. The van der Waals surface area contributed by atoms with Crippen molar-refractivity contribution in [2.45, 2.75) is 6.92 Å². The zero-order valence-corrected chi connectivity index (χ0v) is 16.9. The number of carbonyl (C=O) groups is 2. The van der Waals surface area contributed by atoms with E-state index in [-0.39, 0.29) is 40.8 Å². The zero-order chi connectivity index (χ0) is 21.8. The van der Waals surface area contributed by atoms with E-state index < -0.39 is 11.9 Å². The molecule has 0 atom stereocenters. The molecule has 5 nitrogen and oxygen atoms in total. The van der Waals surface area contributed by atoms with Gasteiger partial charge in [-0.3, -0.25) is 9.78 Å². The summed E-state index contributed by atoms with van der Waals surface area (Å²) in [5.74, 6) is -1.53. The standard InChI is InChI=1S/C26H20N2O3.Na.H/c1-17-7-5-6-10-22(17)19-11-12-23(26(30)31)24(14-19)28-25(29)21-13-20(15-27-16-21)18-8-3-2-4-9-18;;/h2-16H,1H3,(H,28,29)(H,30,31);;. The summed E-state index contributed by atoms with van der Waals surface area (Å²) in [6, 6.07) is 24.1. The number of aromatic carboxylic acids is 1. The first-order chi connectivity index (χ1) is 15.0. The van der Waals surface area contributed by atoms with Crippen molar-refractivity contribution in [3.8, 4) is 22.3 Å². The van der Waals surface area contributed by atoms with Crippen LogP contribution in [0.3, 0.4) is 0 Å². The molecular formula is C26H21N2NaO3. The minimum absolute atomic E-state index is 0. The van der Waals surface area contributed by atoms with Crippen LogP contribution in [-0.4, -0.2) is 51.5 Å². The molecule has 1 heterocycles. The van der Waals surface area contributed by atoms with Gasteiger partial charge in [0.25, 0.3) is 5.91 Å². The number of carboxylic acid groups (broad SMARTS) is 1. The van der Waals surface area contributed by atoms with Crippen LogP contribution in [0, 0.1) is 6.92 Å². The molecule has 4 aromatic rings. The van der Waals surface area contributed by atoms with Crippen LogP contribution in [0.4, 0.5) is 5.69 Å². The fourth-order valence-corrected chi connectivity index (χ4v) is 3.45. The molecule has 0 radical (unpaired) electrons. The quantitative estimate of drug-likeness (QED) is 0.434. The Labute approximate surface area is 208 Å². The van der Waals surface area contributed by atoms with Gasteiger partial charge in [0.15, 0.2) is 0 Å². The van der Waals surface area contributed by atoms with E-state index >= 15 is 0 Å². The predicted octanol–water partition coefficient (Wildman–Crippen LogP) is 5.03. The van der Waals surface area contributed by atoms with Crippen molar-refractivity contribution in [3.63, 3.8) is 0 Å². The van der Waals surface area contributed by atoms with E-state index in [1.165, 1.54) is 12.3 Å². The van der Waals surface area contributed by atoms with Gasteiger partial charge in [0.05, 0.1) is 16.8 Å².